The number of ether oxygens (including phenoxy) is 1. The molecule has 0 heterocycles. The van der Waals surface area contributed by atoms with E-state index in [9.17, 15) is 13.2 Å². The maximum absolute atomic E-state index is 13.3. The van der Waals surface area contributed by atoms with Crippen LogP contribution in [0.15, 0.2) is 54.6 Å². The summed E-state index contributed by atoms with van der Waals surface area (Å²) in [4.78, 5) is 13.3. The topological polar surface area (TPSA) is 75.7 Å². The van der Waals surface area contributed by atoms with Crippen LogP contribution in [0.3, 0.4) is 0 Å². The van der Waals surface area contributed by atoms with E-state index in [4.69, 9.17) is 4.74 Å². The first kappa shape index (κ1) is 24.7. The molecular weight excluding hydrogens is 412 g/mol. The van der Waals surface area contributed by atoms with Gasteiger partial charge < -0.3 is 10.1 Å². The molecule has 7 heteroatoms. The molecule has 0 bridgehead atoms. The molecule has 2 aromatic carbocycles. The van der Waals surface area contributed by atoms with Gasteiger partial charge in [0.1, 0.15) is 11.8 Å². The Morgan fingerprint density at radius 1 is 1.03 bits per heavy atom. The second-order valence-electron chi connectivity index (χ2n) is 8.01. The highest BCUT2D eigenvalue weighted by molar-refractivity contribution is 7.92. The van der Waals surface area contributed by atoms with Crippen molar-refractivity contribution in [2.45, 2.75) is 52.6 Å². The molecule has 0 aliphatic heterocycles. The van der Waals surface area contributed by atoms with Gasteiger partial charge in [-0.1, -0.05) is 51.1 Å². The molecule has 0 fully saturated rings. The second kappa shape index (κ2) is 11.2. The number of hydrogen-bond acceptors (Lipinski definition) is 4. The van der Waals surface area contributed by atoms with Crippen molar-refractivity contribution in [3.63, 3.8) is 0 Å². The summed E-state index contributed by atoms with van der Waals surface area (Å²) in [7, 11) is -3.69. The summed E-state index contributed by atoms with van der Waals surface area (Å²) in [6.07, 6.45) is 2.23. The minimum atomic E-state index is -3.69. The van der Waals surface area contributed by atoms with Crippen molar-refractivity contribution < 1.29 is 17.9 Å². The van der Waals surface area contributed by atoms with Crippen LogP contribution in [0, 0.1) is 5.92 Å². The number of amides is 1. The largest absolute Gasteiger partial charge is 0.494 e. The number of carbonyl (C=O) groups excluding carboxylic acids is 1. The molecule has 2 atom stereocenters. The van der Waals surface area contributed by atoms with Gasteiger partial charge in [-0.3, -0.25) is 9.10 Å². The van der Waals surface area contributed by atoms with E-state index in [-0.39, 0.29) is 11.9 Å². The van der Waals surface area contributed by atoms with Crippen LogP contribution in [-0.4, -0.2) is 33.2 Å². The lowest BCUT2D eigenvalue weighted by Crippen LogP contribution is -2.50. The quantitative estimate of drug-likeness (QED) is 0.550. The smallest absolute Gasteiger partial charge is 0.244 e. The standard InChI is InChI=1S/C24H34N2O4S/c1-6-23(24(27)25-22(17-18(3)4)19-11-9-8-10-12-19)26(31(5,28)29)20-13-15-21(16-14-20)30-7-2/h8-16,18,22-23H,6-7,17H2,1-5H3,(H,25,27)/t22-,23-/m0/s1. The third-order valence-electron chi connectivity index (χ3n) is 4.96. The number of nitrogens with zero attached hydrogens (tertiary/aromatic N) is 1. The maximum Gasteiger partial charge on any atom is 0.244 e. The molecule has 0 aliphatic carbocycles. The first-order chi connectivity index (χ1) is 14.7. The van der Waals surface area contributed by atoms with Gasteiger partial charge >= 0.3 is 0 Å². The van der Waals surface area contributed by atoms with Gasteiger partial charge in [-0.25, -0.2) is 8.42 Å². The summed E-state index contributed by atoms with van der Waals surface area (Å²) in [5.41, 5.74) is 1.44. The lowest BCUT2D eigenvalue weighted by molar-refractivity contribution is -0.123. The Hall–Kier alpha value is -2.54. The fourth-order valence-corrected chi connectivity index (χ4v) is 4.83. The molecule has 2 aromatic rings. The van der Waals surface area contributed by atoms with E-state index in [1.54, 1.807) is 24.3 Å². The Kier molecular flexibility index (Phi) is 8.92. The van der Waals surface area contributed by atoms with Gasteiger partial charge in [0.15, 0.2) is 0 Å². The SMILES string of the molecule is CCOc1ccc(N([C@@H](CC)C(=O)N[C@@H](CC(C)C)c2ccccc2)S(C)(=O)=O)cc1. The van der Waals surface area contributed by atoms with E-state index < -0.39 is 16.1 Å². The number of hydrogen-bond donors (Lipinski definition) is 1. The molecule has 0 aliphatic rings. The van der Waals surface area contributed by atoms with Crippen LogP contribution < -0.4 is 14.4 Å². The molecule has 0 unspecified atom stereocenters. The van der Waals surface area contributed by atoms with Crippen LogP contribution >= 0.6 is 0 Å². The van der Waals surface area contributed by atoms with Crippen LogP contribution in [0.4, 0.5) is 5.69 Å². The molecule has 0 saturated carbocycles. The Morgan fingerprint density at radius 2 is 1.65 bits per heavy atom. The Bertz CT molecular complexity index is 928. The van der Waals surface area contributed by atoms with Gasteiger partial charge in [-0.15, -0.1) is 0 Å². The fourth-order valence-electron chi connectivity index (χ4n) is 3.62. The van der Waals surface area contributed by atoms with Gasteiger partial charge in [0.2, 0.25) is 15.9 Å². The predicted molar refractivity (Wildman–Crippen MR) is 126 cm³/mol. The molecule has 31 heavy (non-hydrogen) atoms. The molecule has 2 rings (SSSR count). The number of nitrogens with one attached hydrogen (secondary N) is 1. The zero-order valence-corrected chi connectivity index (χ0v) is 19.9. The van der Waals surface area contributed by atoms with Crippen molar-refractivity contribution in [3.8, 4) is 5.75 Å². The predicted octanol–water partition coefficient (Wildman–Crippen LogP) is 4.53. The summed E-state index contributed by atoms with van der Waals surface area (Å²) in [6, 6.07) is 15.5. The van der Waals surface area contributed by atoms with Gasteiger partial charge in [0.25, 0.3) is 0 Å². The van der Waals surface area contributed by atoms with Crippen molar-refractivity contribution in [1.29, 1.82) is 0 Å². The van der Waals surface area contributed by atoms with Crippen LogP contribution in [0.1, 0.15) is 52.1 Å². The molecule has 0 aromatic heterocycles. The number of sulfonamides is 1. The van der Waals surface area contributed by atoms with Crippen molar-refractivity contribution in [2.24, 2.45) is 5.92 Å². The number of benzene rings is 2. The average Bonchev–Trinajstić information content (AvgIpc) is 2.72. The van der Waals surface area contributed by atoms with Gasteiger partial charge in [0.05, 0.1) is 24.6 Å². The van der Waals surface area contributed by atoms with E-state index >= 15 is 0 Å². The summed E-state index contributed by atoms with van der Waals surface area (Å²) in [5, 5.41) is 3.10. The highest BCUT2D eigenvalue weighted by Crippen LogP contribution is 2.27. The minimum Gasteiger partial charge on any atom is -0.494 e. The number of anilines is 1. The third kappa shape index (κ3) is 6.99. The maximum atomic E-state index is 13.3. The minimum absolute atomic E-state index is 0.190. The third-order valence-corrected chi connectivity index (χ3v) is 6.14. The Labute approximate surface area is 186 Å². The molecular formula is C24H34N2O4S. The molecule has 1 amide bonds. The highest BCUT2D eigenvalue weighted by Gasteiger charge is 2.32. The van der Waals surface area contributed by atoms with Crippen molar-refractivity contribution in [2.75, 3.05) is 17.2 Å². The molecule has 170 valence electrons. The van der Waals surface area contributed by atoms with Crippen molar-refractivity contribution in [3.05, 3.63) is 60.2 Å². The Balaban J connectivity index is 2.34. The van der Waals surface area contributed by atoms with E-state index in [0.717, 1.165) is 18.2 Å². The van der Waals surface area contributed by atoms with Crippen LogP contribution in [0.2, 0.25) is 0 Å². The first-order valence-electron chi connectivity index (χ1n) is 10.7. The van der Waals surface area contributed by atoms with Gasteiger partial charge in [0, 0.05) is 0 Å². The summed E-state index contributed by atoms with van der Waals surface area (Å²) >= 11 is 0. The summed E-state index contributed by atoms with van der Waals surface area (Å²) in [6.45, 7) is 8.42. The van der Waals surface area contributed by atoms with E-state index in [2.05, 4.69) is 19.2 Å². The van der Waals surface area contributed by atoms with E-state index in [0.29, 0.717) is 30.4 Å². The average molecular weight is 447 g/mol. The molecule has 0 radical (unpaired) electrons. The number of rotatable bonds is 11. The van der Waals surface area contributed by atoms with Gasteiger partial charge in [-0.2, -0.15) is 0 Å². The first-order valence-corrected chi connectivity index (χ1v) is 12.6. The summed E-state index contributed by atoms with van der Waals surface area (Å²) in [5.74, 6) is 0.706. The van der Waals surface area contributed by atoms with Crippen LogP contribution in [0.25, 0.3) is 0 Å². The molecule has 1 N–H and O–H groups in total. The summed E-state index contributed by atoms with van der Waals surface area (Å²) < 4.78 is 32.0. The lowest BCUT2D eigenvalue weighted by Gasteiger charge is -2.32. The van der Waals surface area contributed by atoms with E-state index in [1.165, 1.54) is 4.31 Å². The normalized spacial score (nSPS) is 13.5. The fraction of sp³-hybridized carbons (Fsp3) is 0.458. The van der Waals surface area contributed by atoms with Crippen molar-refractivity contribution >= 4 is 21.6 Å². The Morgan fingerprint density at radius 3 is 2.13 bits per heavy atom. The second-order valence-corrected chi connectivity index (χ2v) is 9.87. The van der Waals surface area contributed by atoms with E-state index in [1.807, 2.05) is 44.2 Å². The van der Waals surface area contributed by atoms with Crippen molar-refractivity contribution in [1.82, 2.24) is 5.32 Å². The highest BCUT2D eigenvalue weighted by atomic mass is 32.2. The zero-order chi connectivity index (χ0) is 23.0. The van der Waals surface area contributed by atoms with Crippen LogP contribution in [0.5, 0.6) is 5.75 Å². The zero-order valence-electron chi connectivity index (χ0n) is 19.0. The van der Waals surface area contributed by atoms with Gasteiger partial charge in [-0.05, 0) is 55.5 Å². The molecule has 0 saturated heterocycles. The lowest BCUT2D eigenvalue weighted by atomic mass is 9.96. The van der Waals surface area contributed by atoms with Crippen LogP contribution in [-0.2, 0) is 14.8 Å². The monoisotopic (exact) mass is 446 g/mol. The molecule has 6 nitrogen and oxygen atoms in total. The molecule has 0 spiro atoms. The number of carbonyl (C=O) groups is 1.